The van der Waals surface area contributed by atoms with Gasteiger partial charge in [-0.15, -0.1) is 13.2 Å². The molecule has 0 aromatic heterocycles. The van der Waals surface area contributed by atoms with Gasteiger partial charge in [-0.1, -0.05) is 11.6 Å². The Morgan fingerprint density at radius 3 is 2.25 bits per heavy atom. The first kappa shape index (κ1) is 12.8. The third-order valence-electron chi connectivity index (χ3n) is 1.57. The summed E-state index contributed by atoms with van der Waals surface area (Å²) in [5, 5.41) is -0.554. The second-order valence-electron chi connectivity index (χ2n) is 2.77. The zero-order valence-corrected chi connectivity index (χ0v) is 8.24. The predicted molar refractivity (Wildman–Crippen MR) is 47.5 cm³/mol. The lowest BCUT2D eigenvalue weighted by Crippen LogP contribution is -2.17. The van der Waals surface area contributed by atoms with Gasteiger partial charge in [-0.2, -0.15) is 0 Å². The van der Waals surface area contributed by atoms with E-state index in [1.54, 1.807) is 0 Å². The van der Waals surface area contributed by atoms with Crippen LogP contribution in [0, 0.1) is 0 Å². The minimum absolute atomic E-state index is 0.404. The molecule has 0 radical (unpaired) electrons. The molecule has 1 rings (SSSR count). The first-order valence-corrected chi connectivity index (χ1v) is 4.21. The van der Waals surface area contributed by atoms with E-state index in [4.69, 9.17) is 17.3 Å². The normalized spacial score (nSPS) is 11.9. The molecule has 0 heterocycles. The standard InChI is InChI=1S/C8H5ClF5NO/c9-6-4(15)1-3(7(10)11)2-5(6)16-8(12,13)14/h1-2,7H,15H2. The smallest absolute Gasteiger partial charge is 0.404 e. The second-order valence-corrected chi connectivity index (χ2v) is 3.15. The summed E-state index contributed by atoms with van der Waals surface area (Å²) in [5.74, 6) is -0.940. The van der Waals surface area contributed by atoms with Crippen LogP contribution in [0.1, 0.15) is 12.0 Å². The Morgan fingerprint density at radius 1 is 1.25 bits per heavy atom. The average Bonchev–Trinajstić information content (AvgIpc) is 2.10. The van der Waals surface area contributed by atoms with Crippen molar-refractivity contribution in [1.29, 1.82) is 0 Å². The van der Waals surface area contributed by atoms with E-state index in [1.807, 2.05) is 0 Å². The van der Waals surface area contributed by atoms with E-state index in [9.17, 15) is 22.0 Å². The summed E-state index contributed by atoms with van der Waals surface area (Å²) in [5.41, 5.74) is 4.07. The molecule has 0 saturated carbocycles. The molecule has 0 aliphatic carbocycles. The molecule has 0 atom stereocenters. The number of anilines is 1. The van der Waals surface area contributed by atoms with Crippen LogP contribution in [0.2, 0.25) is 5.02 Å². The Labute approximate surface area is 91.7 Å². The van der Waals surface area contributed by atoms with Gasteiger partial charge in [0.15, 0.2) is 5.75 Å². The zero-order chi connectivity index (χ0) is 12.5. The van der Waals surface area contributed by atoms with Gasteiger partial charge in [0, 0.05) is 5.56 Å². The van der Waals surface area contributed by atoms with Crippen molar-refractivity contribution in [2.24, 2.45) is 0 Å². The van der Waals surface area contributed by atoms with Gasteiger partial charge in [-0.3, -0.25) is 0 Å². The summed E-state index contributed by atoms with van der Waals surface area (Å²) in [7, 11) is 0. The molecule has 0 amide bonds. The van der Waals surface area contributed by atoms with Crippen LogP contribution in [-0.4, -0.2) is 6.36 Å². The van der Waals surface area contributed by atoms with Crippen LogP contribution in [0.4, 0.5) is 27.6 Å². The number of nitrogens with two attached hydrogens (primary N) is 1. The maximum atomic E-state index is 12.3. The van der Waals surface area contributed by atoms with Crippen LogP contribution >= 0.6 is 11.6 Å². The number of alkyl halides is 5. The van der Waals surface area contributed by atoms with Crippen molar-refractivity contribution in [1.82, 2.24) is 0 Å². The van der Waals surface area contributed by atoms with Crippen LogP contribution in [0.15, 0.2) is 12.1 Å². The number of hydrogen-bond acceptors (Lipinski definition) is 2. The maximum Gasteiger partial charge on any atom is 0.573 e. The first-order valence-electron chi connectivity index (χ1n) is 3.83. The molecule has 1 aromatic rings. The SMILES string of the molecule is Nc1cc(C(F)F)cc(OC(F)(F)F)c1Cl. The lowest BCUT2D eigenvalue weighted by Gasteiger charge is -2.13. The molecule has 1 aromatic carbocycles. The van der Waals surface area contributed by atoms with Crippen LogP contribution in [-0.2, 0) is 0 Å². The van der Waals surface area contributed by atoms with E-state index >= 15 is 0 Å². The number of benzene rings is 1. The second kappa shape index (κ2) is 4.32. The van der Waals surface area contributed by atoms with Crippen LogP contribution in [0.5, 0.6) is 5.75 Å². The van der Waals surface area contributed by atoms with Gasteiger partial charge in [0.25, 0.3) is 6.43 Å². The highest BCUT2D eigenvalue weighted by atomic mass is 35.5. The van der Waals surface area contributed by atoms with E-state index in [0.717, 1.165) is 6.07 Å². The molecule has 0 fully saturated rings. The minimum atomic E-state index is -5.02. The Bertz CT molecular complexity index is 393. The molecule has 0 saturated heterocycles. The number of halogens is 6. The van der Waals surface area contributed by atoms with E-state index in [0.29, 0.717) is 6.07 Å². The Hall–Kier alpha value is -1.24. The Kier molecular flexibility index (Phi) is 3.47. The number of rotatable bonds is 2. The quantitative estimate of drug-likeness (QED) is 0.650. The van der Waals surface area contributed by atoms with Gasteiger partial charge in [0.2, 0.25) is 0 Å². The fourth-order valence-electron chi connectivity index (χ4n) is 0.967. The topological polar surface area (TPSA) is 35.2 Å². The molecule has 90 valence electrons. The van der Waals surface area contributed by atoms with Crippen molar-refractivity contribution < 1.29 is 26.7 Å². The van der Waals surface area contributed by atoms with Gasteiger partial charge in [0.1, 0.15) is 5.02 Å². The predicted octanol–water partition coefficient (Wildman–Crippen LogP) is 3.76. The van der Waals surface area contributed by atoms with Crippen LogP contribution in [0.25, 0.3) is 0 Å². The Balaban J connectivity index is 3.17. The van der Waals surface area contributed by atoms with E-state index < -0.39 is 34.8 Å². The summed E-state index contributed by atoms with van der Waals surface area (Å²) in [6.07, 6.45) is -7.98. The third kappa shape index (κ3) is 3.13. The molecular formula is C8H5ClF5NO. The molecule has 0 spiro atoms. The van der Waals surface area contributed by atoms with E-state index in [1.165, 1.54) is 0 Å². The Morgan fingerprint density at radius 2 is 1.81 bits per heavy atom. The largest absolute Gasteiger partial charge is 0.573 e. The summed E-state index contributed by atoms with van der Waals surface area (Å²) < 4.78 is 63.6. The van der Waals surface area contributed by atoms with Crippen LogP contribution < -0.4 is 10.5 Å². The maximum absolute atomic E-state index is 12.3. The van der Waals surface area contributed by atoms with E-state index in [2.05, 4.69) is 4.74 Å². The number of ether oxygens (including phenoxy) is 1. The third-order valence-corrected chi connectivity index (χ3v) is 1.97. The van der Waals surface area contributed by atoms with Crippen molar-refractivity contribution in [3.63, 3.8) is 0 Å². The molecule has 0 aliphatic rings. The zero-order valence-electron chi connectivity index (χ0n) is 7.49. The molecule has 2 N–H and O–H groups in total. The van der Waals surface area contributed by atoms with Crippen LogP contribution in [0.3, 0.4) is 0 Å². The highest BCUT2D eigenvalue weighted by molar-refractivity contribution is 6.34. The highest BCUT2D eigenvalue weighted by Gasteiger charge is 2.32. The van der Waals surface area contributed by atoms with Gasteiger partial charge >= 0.3 is 6.36 Å². The van der Waals surface area contributed by atoms with Crippen molar-refractivity contribution in [3.8, 4) is 5.75 Å². The fourth-order valence-corrected chi connectivity index (χ4v) is 1.11. The van der Waals surface area contributed by atoms with Crippen molar-refractivity contribution in [2.45, 2.75) is 12.8 Å². The fraction of sp³-hybridized carbons (Fsp3) is 0.250. The lowest BCUT2D eigenvalue weighted by atomic mass is 10.2. The highest BCUT2D eigenvalue weighted by Crippen LogP contribution is 2.37. The van der Waals surface area contributed by atoms with Crippen molar-refractivity contribution in [3.05, 3.63) is 22.7 Å². The summed E-state index contributed by atoms with van der Waals surface area (Å²) >= 11 is 5.38. The summed E-state index contributed by atoms with van der Waals surface area (Å²) in [4.78, 5) is 0. The number of hydrogen-bond donors (Lipinski definition) is 1. The van der Waals surface area contributed by atoms with Crippen molar-refractivity contribution >= 4 is 17.3 Å². The molecule has 0 bridgehead atoms. The van der Waals surface area contributed by atoms with Gasteiger partial charge in [-0.05, 0) is 12.1 Å². The molecule has 0 aliphatic heterocycles. The first-order chi connectivity index (χ1) is 7.20. The minimum Gasteiger partial charge on any atom is -0.404 e. The monoisotopic (exact) mass is 261 g/mol. The molecule has 8 heteroatoms. The van der Waals surface area contributed by atoms with Gasteiger partial charge in [-0.25, -0.2) is 8.78 Å². The summed E-state index contributed by atoms with van der Waals surface area (Å²) in [6, 6.07) is 1.28. The summed E-state index contributed by atoms with van der Waals surface area (Å²) in [6.45, 7) is 0. The average molecular weight is 262 g/mol. The molecule has 0 unspecified atom stereocenters. The lowest BCUT2D eigenvalue weighted by molar-refractivity contribution is -0.274. The van der Waals surface area contributed by atoms with Gasteiger partial charge < -0.3 is 10.5 Å². The van der Waals surface area contributed by atoms with Crippen molar-refractivity contribution in [2.75, 3.05) is 5.73 Å². The van der Waals surface area contributed by atoms with Gasteiger partial charge in [0.05, 0.1) is 5.69 Å². The molecular weight excluding hydrogens is 257 g/mol. The molecule has 2 nitrogen and oxygen atoms in total. The van der Waals surface area contributed by atoms with E-state index in [-0.39, 0.29) is 0 Å². The molecule has 16 heavy (non-hydrogen) atoms. The number of nitrogen functional groups attached to an aromatic ring is 1.